The van der Waals surface area contributed by atoms with E-state index >= 15 is 0 Å². The summed E-state index contributed by atoms with van der Waals surface area (Å²) in [5, 5.41) is 0. The van der Waals surface area contributed by atoms with Crippen molar-refractivity contribution in [3.63, 3.8) is 0 Å². The number of hydrogen-bond acceptors (Lipinski definition) is 3. The van der Waals surface area contributed by atoms with Gasteiger partial charge in [0.2, 0.25) is 0 Å². The monoisotopic (exact) mass is 212 g/mol. The Morgan fingerprint density at radius 2 is 1.73 bits per heavy atom. The Morgan fingerprint density at radius 1 is 1.27 bits per heavy atom. The summed E-state index contributed by atoms with van der Waals surface area (Å²) in [6.07, 6.45) is 2.27. The van der Waals surface area contributed by atoms with Gasteiger partial charge in [-0.25, -0.2) is 0 Å². The van der Waals surface area contributed by atoms with E-state index in [9.17, 15) is 9.59 Å². The quantitative estimate of drug-likeness (QED) is 0.627. The SMILES string of the molecule is CC(C)(C)OC(=O)C1(C)CCC(=O)CC1. The average molecular weight is 212 g/mol. The highest BCUT2D eigenvalue weighted by molar-refractivity contribution is 5.84. The lowest BCUT2D eigenvalue weighted by Crippen LogP contribution is -2.38. The molecule has 0 amide bonds. The van der Waals surface area contributed by atoms with Gasteiger partial charge in [-0.1, -0.05) is 0 Å². The number of ketones is 1. The van der Waals surface area contributed by atoms with E-state index in [1.165, 1.54) is 0 Å². The molecule has 1 aliphatic carbocycles. The first kappa shape index (κ1) is 12.2. The van der Waals surface area contributed by atoms with Gasteiger partial charge in [-0.3, -0.25) is 9.59 Å². The topological polar surface area (TPSA) is 43.4 Å². The van der Waals surface area contributed by atoms with Crippen LogP contribution in [0, 0.1) is 5.41 Å². The van der Waals surface area contributed by atoms with Crippen LogP contribution in [0.4, 0.5) is 0 Å². The number of carbonyl (C=O) groups excluding carboxylic acids is 2. The zero-order valence-electron chi connectivity index (χ0n) is 10.1. The maximum Gasteiger partial charge on any atom is 0.312 e. The van der Waals surface area contributed by atoms with Crippen molar-refractivity contribution in [1.82, 2.24) is 0 Å². The second-order valence-electron chi connectivity index (χ2n) is 5.60. The van der Waals surface area contributed by atoms with E-state index < -0.39 is 11.0 Å². The van der Waals surface area contributed by atoms with Crippen LogP contribution in [0.5, 0.6) is 0 Å². The first-order valence-corrected chi connectivity index (χ1v) is 5.48. The minimum absolute atomic E-state index is 0.164. The summed E-state index contributed by atoms with van der Waals surface area (Å²) in [4.78, 5) is 23.0. The predicted octanol–water partition coefficient (Wildman–Crippen LogP) is 2.48. The highest BCUT2D eigenvalue weighted by Gasteiger charge is 2.39. The van der Waals surface area contributed by atoms with Gasteiger partial charge >= 0.3 is 5.97 Å². The molecule has 0 heterocycles. The molecular weight excluding hydrogens is 192 g/mol. The first-order chi connectivity index (χ1) is 6.73. The Labute approximate surface area is 91.2 Å². The Kier molecular flexibility index (Phi) is 3.22. The zero-order valence-corrected chi connectivity index (χ0v) is 10.1. The molecule has 1 saturated carbocycles. The predicted molar refractivity (Wildman–Crippen MR) is 57.4 cm³/mol. The molecule has 86 valence electrons. The summed E-state index contributed by atoms with van der Waals surface area (Å²) in [7, 11) is 0. The standard InChI is InChI=1S/C12H20O3/c1-11(2,3)15-10(14)12(4)7-5-9(13)6-8-12/h5-8H2,1-4H3. The molecule has 0 spiro atoms. The number of carbonyl (C=O) groups is 2. The van der Waals surface area contributed by atoms with E-state index in [1.807, 2.05) is 27.7 Å². The minimum atomic E-state index is -0.457. The molecule has 1 aliphatic rings. The molecule has 0 atom stereocenters. The molecule has 1 fully saturated rings. The third-order valence-corrected chi connectivity index (χ3v) is 2.80. The van der Waals surface area contributed by atoms with Gasteiger partial charge in [-0.15, -0.1) is 0 Å². The van der Waals surface area contributed by atoms with Gasteiger partial charge in [-0.05, 0) is 40.5 Å². The molecule has 0 radical (unpaired) electrons. The van der Waals surface area contributed by atoms with Gasteiger partial charge in [0.05, 0.1) is 5.41 Å². The summed E-state index contributed by atoms with van der Waals surface area (Å²) < 4.78 is 5.37. The number of esters is 1. The second kappa shape index (κ2) is 3.95. The fourth-order valence-electron chi connectivity index (χ4n) is 1.69. The highest BCUT2D eigenvalue weighted by Crippen LogP contribution is 2.36. The van der Waals surface area contributed by atoms with Gasteiger partial charge < -0.3 is 4.74 Å². The molecule has 0 N–H and O–H groups in total. The van der Waals surface area contributed by atoms with E-state index in [2.05, 4.69) is 0 Å². The van der Waals surface area contributed by atoms with Crippen LogP contribution >= 0.6 is 0 Å². The van der Waals surface area contributed by atoms with Crippen molar-refractivity contribution in [2.24, 2.45) is 5.41 Å². The minimum Gasteiger partial charge on any atom is -0.460 e. The molecule has 0 aromatic heterocycles. The second-order valence-corrected chi connectivity index (χ2v) is 5.60. The van der Waals surface area contributed by atoms with E-state index in [0.29, 0.717) is 25.7 Å². The average Bonchev–Trinajstić information content (AvgIpc) is 2.07. The molecule has 15 heavy (non-hydrogen) atoms. The van der Waals surface area contributed by atoms with Gasteiger partial charge in [0.1, 0.15) is 11.4 Å². The van der Waals surface area contributed by atoms with Crippen LogP contribution < -0.4 is 0 Å². The largest absolute Gasteiger partial charge is 0.460 e. The van der Waals surface area contributed by atoms with Crippen LogP contribution in [0.25, 0.3) is 0 Å². The third kappa shape index (κ3) is 3.33. The van der Waals surface area contributed by atoms with Crippen molar-refractivity contribution in [1.29, 1.82) is 0 Å². The fourth-order valence-corrected chi connectivity index (χ4v) is 1.69. The molecule has 3 nitrogen and oxygen atoms in total. The summed E-state index contributed by atoms with van der Waals surface area (Å²) in [5.41, 5.74) is -0.900. The summed E-state index contributed by atoms with van der Waals surface area (Å²) >= 11 is 0. The van der Waals surface area contributed by atoms with Crippen molar-refractivity contribution in [3.8, 4) is 0 Å². The molecule has 0 saturated heterocycles. The van der Waals surface area contributed by atoms with Crippen LogP contribution in [-0.2, 0) is 14.3 Å². The number of Topliss-reactive ketones (excluding diaryl/α,β-unsaturated/α-hetero) is 1. The highest BCUT2D eigenvalue weighted by atomic mass is 16.6. The van der Waals surface area contributed by atoms with Gasteiger partial charge in [0.15, 0.2) is 0 Å². The van der Waals surface area contributed by atoms with Crippen molar-refractivity contribution < 1.29 is 14.3 Å². The van der Waals surface area contributed by atoms with Crippen LogP contribution in [0.15, 0.2) is 0 Å². The van der Waals surface area contributed by atoms with E-state index in [1.54, 1.807) is 0 Å². The summed E-state index contributed by atoms with van der Waals surface area (Å²) in [6.45, 7) is 7.49. The Hall–Kier alpha value is -0.860. The smallest absolute Gasteiger partial charge is 0.312 e. The van der Waals surface area contributed by atoms with Gasteiger partial charge in [0, 0.05) is 12.8 Å². The fraction of sp³-hybridized carbons (Fsp3) is 0.833. The molecule has 0 aliphatic heterocycles. The lowest BCUT2D eigenvalue weighted by molar-refractivity contribution is -0.168. The van der Waals surface area contributed by atoms with Crippen LogP contribution in [0.1, 0.15) is 53.4 Å². The Bertz CT molecular complexity index is 263. The third-order valence-electron chi connectivity index (χ3n) is 2.80. The Morgan fingerprint density at radius 3 is 2.13 bits per heavy atom. The summed E-state index contributed by atoms with van der Waals surface area (Å²) in [5.74, 6) is 0.0959. The lowest BCUT2D eigenvalue weighted by atomic mass is 9.75. The van der Waals surface area contributed by atoms with Gasteiger partial charge in [-0.2, -0.15) is 0 Å². The van der Waals surface area contributed by atoms with Crippen LogP contribution in [-0.4, -0.2) is 17.4 Å². The van der Waals surface area contributed by atoms with E-state index in [-0.39, 0.29) is 11.8 Å². The maximum absolute atomic E-state index is 11.9. The molecular formula is C12H20O3. The number of ether oxygens (including phenoxy) is 1. The van der Waals surface area contributed by atoms with Crippen molar-refractivity contribution in [3.05, 3.63) is 0 Å². The molecule has 1 rings (SSSR count). The lowest BCUT2D eigenvalue weighted by Gasteiger charge is -2.33. The Balaban J connectivity index is 2.62. The van der Waals surface area contributed by atoms with Crippen molar-refractivity contribution in [2.45, 2.75) is 59.0 Å². The van der Waals surface area contributed by atoms with Crippen molar-refractivity contribution in [2.75, 3.05) is 0 Å². The summed E-state index contributed by atoms with van der Waals surface area (Å²) in [6, 6.07) is 0. The van der Waals surface area contributed by atoms with E-state index in [0.717, 1.165) is 0 Å². The first-order valence-electron chi connectivity index (χ1n) is 5.48. The molecule has 0 unspecified atom stereocenters. The number of hydrogen-bond donors (Lipinski definition) is 0. The number of rotatable bonds is 1. The molecule has 3 heteroatoms. The van der Waals surface area contributed by atoms with Crippen molar-refractivity contribution >= 4 is 11.8 Å². The molecule has 0 aromatic carbocycles. The normalized spacial score (nSPS) is 21.2. The van der Waals surface area contributed by atoms with E-state index in [4.69, 9.17) is 4.74 Å². The van der Waals surface area contributed by atoms with Crippen LogP contribution in [0.3, 0.4) is 0 Å². The molecule has 0 aromatic rings. The maximum atomic E-state index is 11.9. The van der Waals surface area contributed by atoms with Gasteiger partial charge in [0.25, 0.3) is 0 Å². The zero-order chi connectivity index (χ0) is 11.7. The molecule has 0 bridgehead atoms. The van der Waals surface area contributed by atoms with Crippen LogP contribution in [0.2, 0.25) is 0 Å².